The van der Waals surface area contributed by atoms with Crippen molar-refractivity contribution in [1.29, 1.82) is 0 Å². The number of anilines is 1. The largest absolute Gasteiger partial charge is 0.404 e. The van der Waals surface area contributed by atoms with Crippen LogP contribution in [0, 0.1) is 11.6 Å². The minimum absolute atomic E-state index is 0.0103. The number of nitrogens with one attached hydrogen (secondary N) is 2. The van der Waals surface area contributed by atoms with Gasteiger partial charge < -0.3 is 24.6 Å². The molecule has 1 aliphatic carbocycles. The molecule has 178 valence electrons. The standard InChI is InChI=1S/C24H25F2N5O3/c1-3-33-11-13(2)27-23-29-18-7-6-17(28-21(18)34-23)20-19(15-5-4-14(25)10-16(15)26)30-22(31-20)24(12-32)8-9-24/h4-7,10,13,32H,3,8-9,11-12H2,1-2H3,(H,27,29)(H,30,31). The van der Waals surface area contributed by atoms with Gasteiger partial charge in [-0.15, -0.1) is 0 Å². The summed E-state index contributed by atoms with van der Waals surface area (Å²) in [4.78, 5) is 16.8. The number of ether oxygens (including phenoxy) is 1. The molecule has 34 heavy (non-hydrogen) atoms. The highest BCUT2D eigenvalue weighted by atomic mass is 19.1. The van der Waals surface area contributed by atoms with E-state index < -0.39 is 17.0 Å². The summed E-state index contributed by atoms with van der Waals surface area (Å²) in [5, 5.41) is 13.0. The maximum absolute atomic E-state index is 14.7. The first kappa shape index (κ1) is 22.4. The Balaban J connectivity index is 1.55. The van der Waals surface area contributed by atoms with Crippen LogP contribution in [0.1, 0.15) is 32.5 Å². The van der Waals surface area contributed by atoms with Gasteiger partial charge in [0.05, 0.1) is 36.1 Å². The molecule has 3 heterocycles. The van der Waals surface area contributed by atoms with Crippen LogP contribution in [0.4, 0.5) is 14.8 Å². The summed E-state index contributed by atoms with van der Waals surface area (Å²) in [5.74, 6) is -0.855. The van der Waals surface area contributed by atoms with E-state index in [-0.39, 0.29) is 18.2 Å². The lowest BCUT2D eigenvalue weighted by molar-refractivity contribution is 0.140. The molecule has 1 aromatic carbocycles. The maximum Gasteiger partial charge on any atom is 0.297 e. The summed E-state index contributed by atoms with van der Waals surface area (Å²) >= 11 is 0. The Kier molecular flexibility index (Phi) is 5.78. The van der Waals surface area contributed by atoms with Crippen molar-refractivity contribution in [2.45, 2.75) is 38.1 Å². The van der Waals surface area contributed by atoms with Gasteiger partial charge in [0.2, 0.25) is 5.71 Å². The van der Waals surface area contributed by atoms with E-state index in [9.17, 15) is 13.9 Å². The van der Waals surface area contributed by atoms with Crippen molar-refractivity contribution >= 4 is 17.2 Å². The van der Waals surface area contributed by atoms with E-state index >= 15 is 0 Å². The van der Waals surface area contributed by atoms with Crippen molar-refractivity contribution in [3.63, 3.8) is 0 Å². The summed E-state index contributed by atoms with van der Waals surface area (Å²) in [6, 6.07) is 7.15. The van der Waals surface area contributed by atoms with E-state index in [0.29, 0.717) is 53.4 Å². The van der Waals surface area contributed by atoms with Gasteiger partial charge in [0.25, 0.3) is 6.01 Å². The highest BCUT2D eigenvalue weighted by Gasteiger charge is 2.47. The SMILES string of the molecule is CCOCC(C)Nc1nc2ccc(-c3[nH]c(C4(CO)CC4)nc3-c3ccc(F)cc3F)nc2o1. The van der Waals surface area contributed by atoms with Gasteiger partial charge in [-0.3, -0.25) is 0 Å². The Bertz CT molecular complexity index is 1330. The third-order valence-corrected chi connectivity index (χ3v) is 6.00. The number of halogens is 2. The first-order chi connectivity index (χ1) is 16.4. The maximum atomic E-state index is 14.7. The first-order valence-corrected chi connectivity index (χ1v) is 11.2. The van der Waals surface area contributed by atoms with Gasteiger partial charge in [0, 0.05) is 18.2 Å². The molecule has 4 aromatic rings. The third kappa shape index (κ3) is 4.14. The number of H-pyrrole nitrogens is 1. The van der Waals surface area contributed by atoms with Gasteiger partial charge in [0.15, 0.2) is 0 Å². The molecule has 0 saturated heterocycles. The van der Waals surface area contributed by atoms with E-state index in [1.807, 2.05) is 13.8 Å². The summed E-state index contributed by atoms with van der Waals surface area (Å²) in [6.07, 6.45) is 1.54. The number of nitrogens with zero attached hydrogens (tertiary/aromatic N) is 3. The average molecular weight is 469 g/mol. The normalized spacial score (nSPS) is 15.6. The second kappa shape index (κ2) is 8.77. The van der Waals surface area contributed by atoms with E-state index in [4.69, 9.17) is 9.15 Å². The van der Waals surface area contributed by atoms with Crippen LogP contribution >= 0.6 is 0 Å². The molecule has 0 bridgehead atoms. The zero-order chi connectivity index (χ0) is 23.9. The fraction of sp³-hybridized carbons (Fsp3) is 0.375. The number of aromatic amines is 1. The van der Waals surface area contributed by atoms with E-state index in [2.05, 4.69) is 25.3 Å². The summed E-state index contributed by atoms with van der Waals surface area (Å²) in [5.41, 5.74) is 1.72. The molecule has 1 aliphatic rings. The molecular weight excluding hydrogens is 444 g/mol. The van der Waals surface area contributed by atoms with E-state index in [1.54, 1.807) is 12.1 Å². The Morgan fingerprint density at radius 3 is 2.74 bits per heavy atom. The van der Waals surface area contributed by atoms with Crippen LogP contribution in [0.5, 0.6) is 0 Å². The number of hydrogen-bond donors (Lipinski definition) is 3. The van der Waals surface area contributed by atoms with Crippen molar-refractivity contribution in [2.24, 2.45) is 0 Å². The van der Waals surface area contributed by atoms with Gasteiger partial charge in [-0.1, -0.05) is 0 Å². The lowest BCUT2D eigenvalue weighted by atomic mass is 10.1. The molecule has 1 saturated carbocycles. The molecule has 1 fully saturated rings. The predicted octanol–water partition coefficient (Wildman–Crippen LogP) is 4.42. The number of oxazole rings is 1. The van der Waals surface area contributed by atoms with Crippen molar-refractivity contribution in [1.82, 2.24) is 19.9 Å². The molecule has 1 atom stereocenters. The summed E-state index contributed by atoms with van der Waals surface area (Å²) < 4.78 is 39.4. The molecule has 1 unspecified atom stereocenters. The highest BCUT2D eigenvalue weighted by molar-refractivity contribution is 5.81. The Hall–Kier alpha value is -3.37. The fourth-order valence-electron chi connectivity index (χ4n) is 3.87. The molecule has 0 radical (unpaired) electrons. The average Bonchev–Trinajstić information content (AvgIpc) is 3.32. The lowest BCUT2D eigenvalue weighted by Crippen LogP contribution is -2.21. The molecule has 0 amide bonds. The Morgan fingerprint density at radius 1 is 1.21 bits per heavy atom. The molecule has 0 spiro atoms. The molecule has 10 heteroatoms. The highest BCUT2D eigenvalue weighted by Crippen LogP contribution is 2.48. The summed E-state index contributed by atoms with van der Waals surface area (Å²) in [6.45, 7) is 4.92. The lowest BCUT2D eigenvalue weighted by Gasteiger charge is -2.10. The number of aromatic nitrogens is 4. The minimum Gasteiger partial charge on any atom is -0.404 e. The van der Waals surface area contributed by atoms with Crippen molar-refractivity contribution < 1.29 is 23.0 Å². The molecule has 0 aliphatic heterocycles. The monoisotopic (exact) mass is 469 g/mol. The smallest absolute Gasteiger partial charge is 0.297 e. The Morgan fingerprint density at radius 2 is 2.03 bits per heavy atom. The van der Waals surface area contributed by atoms with Gasteiger partial charge in [-0.2, -0.15) is 4.98 Å². The zero-order valence-electron chi connectivity index (χ0n) is 18.9. The second-order valence-corrected chi connectivity index (χ2v) is 8.62. The number of benzene rings is 1. The molecule has 5 rings (SSSR count). The number of rotatable bonds is 9. The van der Waals surface area contributed by atoms with Crippen LogP contribution in [-0.2, 0) is 10.2 Å². The van der Waals surface area contributed by atoms with Gasteiger partial charge >= 0.3 is 0 Å². The number of aliphatic hydroxyl groups is 1. The fourth-order valence-corrected chi connectivity index (χ4v) is 3.87. The molecular formula is C24H25F2N5O3. The van der Waals surface area contributed by atoms with Crippen LogP contribution in [0.3, 0.4) is 0 Å². The number of pyridine rings is 1. The molecule has 3 aromatic heterocycles. The van der Waals surface area contributed by atoms with Crippen molar-refractivity contribution in [3.8, 4) is 22.6 Å². The topological polar surface area (TPSA) is 109 Å². The number of aliphatic hydroxyl groups excluding tert-OH is 1. The summed E-state index contributed by atoms with van der Waals surface area (Å²) in [7, 11) is 0. The predicted molar refractivity (Wildman–Crippen MR) is 122 cm³/mol. The Labute approximate surface area is 194 Å². The van der Waals surface area contributed by atoms with Crippen LogP contribution in [0.15, 0.2) is 34.7 Å². The number of fused-ring (bicyclic) bond motifs is 1. The molecule has 3 N–H and O–H groups in total. The van der Waals surface area contributed by atoms with Gasteiger partial charge in [-0.05, 0) is 51.0 Å². The number of hydrogen-bond acceptors (Lipinski definition) is 7. The van der Waals surface area contributed by atoms with E-state index in [0.717, 1.165) is 18.9 Å². The van der Waals surface area contributed by atoms with Crippen molar-refractivity contribution in [2.75, 3.05) is 25.1 Å². The van der Waals surface area contributed by atoms with Gasteiger partial charge in [-0.25, -0.2) is 18.7 Å². The van der Waals surface area contributed by atoms with Crippen LogP contribution < -0.4 is 5.32 Å². The van der Waals surface area contributed by atoms with Crippen molar-refractivity contribution in [3.05, 3.63) is 47.8 Å². The minimum atomic E-state index is -0.733. The van der Waals surface area contributed by atoms with Crippen LogP contribution in [0.25, 0.3) is 33.9 Å². The van der Waals surface area contributed by atoms with E-state index in [1.165, 1.54) is 12.1 Å². The van der Waals surface area contributed by atoms with Crippen LogP contribution in [0.2, 0.25) is 0 Å². The number of imidazole rings is 1. The first-order valence-electron chi connectivity index (χ1n) is 11.2. The second-order valence-electron chi connectivity index (χ2n) is 8.62. The van der Waals surface area contributed by atoms with Crippen LogP contribution in [-0.4, -0.2) is 50.9 Å². The zero-order valence-corrected chi connectivity index (χ0v) is 18.9. The van der Waals surface area contributed by atoms with Gasteiger partial charge in [0.1, 0.15) is 28.7 Å². The quantitative estimate of drug-likeness (QED) is 0.333. The molecule has 8 nitrogen and oxygen atoms in total. The third-order valence-electron chi connectivity index (χ3n) is 6.00.